The van der Waals surface area contributed by atoms with Gasteiger partial charge in [-0.05, 0) is 18.6 Å². The molecule has 23 heavy (non-hydrogen) atoms. The fourth-order valence-corrected chi connectivity index (χ4v) is 3.00. The van der Waals surface area contributed by atoms with Gasteiger partial charge in [0.25, 0.3) is 0 Å². The van der Waals surface area contributed by atoms with Crippen LogP contribution in [0.15, 0.2) is 24.4 Å². The summed E-state index contributed by atoms with van der Waals surface area (Å²) < 4.78 is 28.0. The highest BCUT2D eigenvalue weighted by atomic mass is 19.1. The Morgan fingerprint density at radius 1 is 1.35 bits per heavy atom. The van der Waals surface area contributed by atoms with Gasteiger partial charge >= 0.3 is 0 Å². The van der Waals surface area contributed by atoms with Gasteiger partial charge in [-0.2, -0.15) is 5.10 Å². The zero-order valence-electron chi connectivity index (χ0n) is 12.8. The van der Waals surface area contributed by atoms with Crippen molar-refractivity contribution in [3.8, 4) is 11.3 Å². The van der Waals surface area contributed by atoms with Gasteiger partial charge in [0.1, 0.15) is 11.6 Å². The summed E-state index contributed by atoms with van der Waals surface area (Å²) in [6.45, 7) is 3.60. The number of benzene rings is 1. The van der Waals surface area contributed by atoms with E-state index in [1.807, 2.05) is 11.8 Å². The van der Waals surface area contributed by atoms with Crippen LogP contribution in [0.4, 0.5) is 8.78 Å². The zero-order chi connectivity index (χ0) is 16.4. The van der Waals surface area contributed by atoms with Crippen LogP contribution in [0.1, 0.15) is 18.9 Å². The molecule has 1 unspecified atom stereocenters. The van der Waals surface area contributed by atoms with E-state index in [0.717, 1.165) is 0 Å². The summed E-state index contributed by atoms with van der Waals surface area (Å²) >= 11 is 0. The van der Waals surface area contributed by atoms with E-state index in [0.29, 0.717) is 37.3 Å². The fraction of sp³-hybridized carbons (Fsp3) is 0.375. The lowest BCUT2D eigenvalue weighted by atomic mass is 10.0. The van der Waals surface area contributed by atoms with Crippen molar-refractivity contribution in [2.45, 2.75) is 25.9 Å². The second kappa shape index (κ2) is 6.45. The number of hydrogen-bond acceptors (Lipinski definition) is 3. The molecule has 2 heterocycles. The number of rotatable bonds is 4. The molecule has 1 saturated heterocycles. The first-order valence-electron chi connectivity index (χ1n) is 7.60. The van der Waals surface area contributed by atoms with Crippen molar-refractivity contribution in [1.29, 1.82) is 0 Å². The molecule has 1 aliphatic heterocycles. The number of aromatic amines is 1. The van der Waals surface area contributed by atoms with Crippen LogP contribution in [0.3, 0.4) is 0 Å². The van der Waals surface area contributed by atoms with Gasteiger partial charge < -0.3 is 5.32 Å². The number of carbonyl (C=O) groups excluding carboxylic acids is 1. The van der Waals surface area contributed by atoms with Crippen molar-refractivity contribution in [2.24, 2.45) is 0 Å². The second-order valence-corrected chi connectivity index (χ2v) is 5.55. The van der Waals surface area contributed by atoms with Gasteiger partial charge in [0.05, 0.1) is 23.5 Å². The summed E-state index contributed by atoms with van der Waals surface area (Å²) in [5, 5.41) is 9.44. The number of piperazine rings is 1. The summed E-state index contributed by atoms with van der Waals surface area (Å²) in [4.78, 5) is 13.9. The molecular weight excluding hydrogens is 302 g/mol. The van der Waals surface area contributed by atoms with E-state index in [2.05, 4.69) is 15.5 Å². The average Bonchev–Trinajstić information content (AvgIpc) is 2.95. The quantitative estimate of drug-likeness (QED) is 0.906. The number of H-pyrrole nitrogens is 1. The van der Waals surface area contributed by atoms with E-state index >= 15 is 0 Å². The van der Waals surface area contributed by atoms with Crippen LogP contribution in [0.5, 0.6) is 0 Å². The molecule has 0 radical (unpaired) electrons. The molecule has 0 bridgehead atoms. The molecule has 2 N–H and O–H groups in total. The molecule has 1 fully saturated rings. The molecule has 1 aromatic carbocycles. The summed E-state index contributed by atoms with van der Waals surface area (Å²) in [6.07, 6.45) is 2.23. The van der Waals surface area contributed by atoms with E-state index in [-0.39, 0.29) is 17.5 Å². The summed E-state index contributed by atoms with van der Waals surface area (Å²) in [6, 6.07) is 3.52. The van der Waals surface area contributed by atoms with Crippen LogP contribution in [0, 0.1) is 11.6 Å². The number of aromatic nitrogens is 2. The molecule has 0 saturated carbocycles. The van der Waals surface area contributed by atoms with Crippen LogP contribution in [-0.2, 0) is 11.3 Å². The Kier molecular flexibility index (Phi) is 4.38. The van der Waals surface area contributed by atoms with Gasteiger partial charge in [-0.15, -0.1) is 0 Å². The minimum Gasteiger partial charge on any atom is -0.353 e. The highest BCUT2D eigenvalue weighted by Crippen LogP contribution is 2.28. The minimum absolute atomic E-state index is 0.0131. The molecule has 2 aromatic rings. The molecule has 1 aromatic heterocycles. The largest absolute Gasteiger partial charge is 0.353 e. The van der Waals surface area contributed by atoms with Gasteiger partial charge in [-0.1, -0.05) is 13.0 Å². The number of nitrogens with one attached hydrogen (secondary N) is 2. The Morgan fingerprint density at radius 2 is 2.09 bits per heavy atom. The summed E-state index contributed by atoms with van der Waals surface area (Å²) in [5.74, 6) is -1.29. The predicted molar refractivity (Wildman–Crippen MR) is 81.4 cm³/mol. The predicted octanol–water partition coefficient (Wildman–Crippen LogP) is 2.07. The Morgan fingerprint density at radius 3 is 2.78 bits per heavy atom. The van der Waals surface area contributed by atoms with Crippen LogP contribution in [0.25, 0.3) is 11.3 Å². The Balaban J connectivity index is 1.91. The van der Waals surface area contributed by atoms with Crippen molar-refractivity contribution in [3.05, 3.63) is 41.6 Å². The van der Waals surface area contributed by atoms with Gasteiger partial charge in [-0.25, -0.2) is 8.78 Å². The van der Waals surface area contributed by atoms with Crippen LogP contribution >= 0.6 is 0 Å². The lowest BCUT2D eigenvalue weighted by molar-refractivity contribution is -0.129. The monoisotopic (exact) mass is 320 g/mol. The Bertz CT molecular complexity index is 696. The van der Waals surface area contributed by atoms with Crippen LogP contribution < -0.4 is 5.32 Å². The Hall–Kier alpha value is -2.28. The molecule has 5 nitrogen and oxygen atoms in total. The number of carbonyl (C=O) groups is 1. The number of nitrogens with zero attached hydrogens (tertiary/aromatic N) is 2. The maximum atomic E-state index is 14.0. The lowest BCUT2D eigenvalue weighted by Crippen LogP contribution is -2.54. The van der Waals surface area contributed by atoms with Crippen molar-refractivity contribution < 1.29 is 13.6 Å². The topological polar surface area (TPSA) is 61.0 Å². The SMILES string of the molecule is CCC1C(=O)NCCN1Cc1cn[nH]c1-c1c(F)cccc1F. The molecule has 1 amide bonds. The fourth-order valence-electron chi connectivity index (χ4n) is 3.00. The smallest absolute Gasteiger partial charge is 0.237 e. The van der Waals surface area contributed by atoms with E-state index in [4.69, 9.17) is 0 Å². The number of halogens is 2. The third-order valence-corrected chi connectivity index (χ3v) is 4.13. The summed E-state index contributed by atoms with van der Waals surface area (Å²) in [7, 11) is 0. The van der Waals surface area contributed by atoms with E-state index in [1.54, 1.807) is 6.20 Å². The standard InChI is InChI=1S/C16H18F2N4O/c1-2-13-16(23)19-6-7-22(13)9-10-8-20-21-15(10)14-11(17)4-3-5-12(14)18/h3-5,8,13H,2,6-7,9H2,1H3,(H,19,23)(H,20,21). The molecule has 0 spiro atoms. The average molecular weight is 320 g/mol. The van der Waals surface area contributed by atoms with Crippen molar-refractivity contribution in [1.82, 2.24) is 20.4 Å². The first-order valence-corrected chi connectivity index (χ1v) is 7.60. The third kappa shape index (κ3) is 2.96. The highest BCUT2D eigenvalue weighted by molar-refractivity contribution is 5.82. The van der Waals surface area contributed by atoms with Gasteiger partial charge in [-0.3, -0.25) is 14.8 Å². The lowest BCUT2D eigenvalue weighted by Gasteiger charge is -2.34. The van der Waals surface area contributed by atoms with E-state index in [9.17, 15) is 13.6 Å². The number of hydrogen-bond donors (Lipinski definition) is 2. The number of amides is 1. The normalized spacial score (nSPS) is 18.9. The zero-order valence-corrected chi connectivity index (χ0v) is 12.8. The van der Waals surface area contributed by atoms with Crippen molar-refractivity contribution in [3.63, 3.8) is 0 Å². The van der Waals surface area contributed by atoms with E-state index in [1.165, 1.54) is 18.2 Å². The molecule has 1 atom stereocenters. The molecule has 3 rings (SSSR count). The van der Waals surface area contributed by atoms with Gasteiger partial charge in [0.15, 0.2) is 0 Å². The van der Waals surface area contributed by atoms with Crippen molar-refractivity contribution in [2.75, 3.05) is 13.1 Å². The van der Waals surface area contributed by atoms with Crippen LogP contribution in [-0.4, -0.2) is 40.1 Å². The first kappa shape index (κ1) is 15.6. The van der Waals surface area contributed by atoms with E-state index < -0.39 is 11.6 Å². The van der Waals surface area contributed by atoms with Gasteiger partial charge in [0, 0.05) is 25.2 Å². The van der Waals surface area contributed by atoms with Gasteiger partial charge in [0.2, 0.25) is 5.91 Å². The molecule has 122 valence electrons. The maximum Gasteiger partial charge on any atom is 0.237 e. The second-order valence-electron chi connectivity index (χ2n) is 5.55. The molecule has 1 aliphatic rings. The maximum absolute atomic E-state index is 14.0. The first-order chi connectivity index (χ1) is 11.1. The minimum atomic E-state index is -0.640. The Labute approximate surface area is 132 Å². The molecule has 0 aliphatic carbocycles. The third-order valence-electron chi connectivity index (χ3n) is 4.13. The highest BCUT2D eigenvalue weighted by Gasteiger charge is 2.29. The molecular formula is C16H18F2N4O. The van der Waals surface area contributed by atoms with Crippen LogP contribution in [0.2, 0.25) is 0 Å². The summed E-state index contributed by atoms with van der Waals surface area (Å²) in [5.41, 5.74) is 0.873. The molecule has 7 heteroatoms. The van der Waals surface area contributed by atoms with Crippen molar-refractivity contribution >= 4 is 5.91 Å².